The highest BCUT2D eigenvalue weighted by molar-refractivity contribution is 5.11. The molecule has 2 rings (SSSR count). The first kappa shape index (κ1) is 7.73. The van der Waals surface area contributed by atoms with Crippen LogP contribution in [0.15, 0.2) is 54.9 Å². The van der Waals surface area contributed by atoms with E-state index in [2.05, 4.69) is 29.3 Å². The van der Waals surface area contributed by atoms with Crippen molar-refractivity contribution >= 4 is 0 Å². The number of allylic oxidation sites excluding steroid dienone is 4. The van der Waals surface area contributed by atoms with Crippen molar-refractivity contribution in [3.63, 3.8) is 0 Å². The number of nitrogens with zero attached hydrogens (tertiary/aromatic N) is 1. The molecule has 0 fully saturated rings. The molecule has 0 atom stereocenters. The van der Waals surface area contributed by atoms with E-state index in [4.69, 9.17) is 0 Å². The van der Waals surface area contributed by atoms with E-state index in [9.17, 15) is 0 Å². The fraction of sp³-hybridized carbons (Fsp3) is 0.100. The van der Waals surface area contributed by atoms with Gasteiger partial charge in [0.2, 0.25) is 0 Å². The zero-order chi connectivity index (χ0) is 7.78. The molecule has 1 heteroatoms. The van der Waals surface area contributed by atoms with Crippen molar-refractivity contribution in [3.8, 4) is 0 Å². The minimum absolute atomic E-state index is 1.14. The van der Waals surface area contributed by atoms with Crippen LogP contribution in [0.5, 0.6) is 0 Å². The molecule has 56 valence electrons. The van der Waals surface area contributed by atoms with Crippen molar-refractivity contribution in [3.05, 3.63) is 54.9 Å². The van der Waals surface area contributed by atoms with Crippen LogP contribution in [-0.2, 0) is 0 Å². The molecule has 0 bridgehead atoms. The van der Waals surface area contributed by atoms with Crippen LogP contribution in [-0.4, -0.2) is 4.98 Å². The summed E-state index contributed by atoms with van der Waals surface area (Å²) in [6.07, 6.45) is 13.0. The first-order chi connectivity index (χ1) is 5.50. The number of hydrogen-bond acceptors (Lipinski definition) is 1. The molecule has 0 aromatic carbocycles. The molecule has 0 saturated carbocycles. The second kappa shape index (κ2) is 5.42. The van der Waals surface area contributed by atoms with E-state index in [0.717, 1.165) is 6.42 Å². The van der Waals surface area contributed by atoms with E-state index in [1.165, 1.54) is 0 Å². The Morgan fingerprint density at radius 2 is 1.45 bits per heavy atom. The predicted molar refractivity (Wildman–Crippen MR) is 47.1 cm³/mol. The predicted octanol–water partition coefficient (Wildman–Crippen LogP) is 2.58. The normalized spacial score (nSPS) is 12.4. The Hall–Kier alpha value is -1.37. The van der Waals surface area contributed by atoms with E-state index >= 15 is 0 Å². The van der Waals surface area contributed by atoms with Gasteiger partial charge in [-0.25, -0.2) is 0 Å². The number of hydrogen-bond donors (Lipinski definition) is 0. The van der Waals surface area contributed by atoms with E-state index in [1.807, 2.05) is 18.2 Å². The van der Waals surface area contributed by atoms with E-state index in [-0.39, 0.29) is 0 Å². The maximum absolute atomic E-state index is 3.78. The van der Waals surface area contributed by atoms with Gasteiger partial charge < -0.3 is 0 Å². The standard InChI is InChI=1S/C5H5N.C5H6/c1-2-4-6-5-3-1;1-2-4-5-3-1/h1-5H;1-4H,5H2. The minimum atomic E-state index is 1.14. The van der Waals surface area contributed by atoms with E-state index in [1.54, 1.807) is 12.4 Å². The molecule has 0 N–H and O–H groups in total. The molecule has 0 amide bonds. The van der Waals surface area contributed by atoms with Crippen LogP contribution in [0.4, 0.5) is 0 Å². The van der Waals surface area contributed by atoms with Crippen molar-refractivity contribution in [2.24, 2.45) is 0 Å². The molecule has 0 spiro atoms. The van der Waals surface area contributed by atoms with Crippen molar-refractivity contribution in [1.29, 1.82) is 0 Å². The summed E-state index contributed by atoms with van der Waals surface area (Å²) in [5.74, 6) is 0. The van der Waals surface area contributed by atoms with Gasteiger partial charge in [-0.2, -0.15) is 0 Å². The van der Waals surface area contributed by atoms with E-state index < -0.39 is 0 Å². The third-order valence-electron chi connectivity index (χ3n) is 1.22. The van der Waals surface area contributed by atoms with Crippen molar-refractivity contribution < 1.29 is 0 Å². The third-order valence-corrected chi connectivity index (χ3v) is 1.22. The molecule has 1 aromatic heterocycles. The molecule has 1 heterocycles. The highest BCUT2D eigenvalue weighted by Crippen LogP contribution is 1.93. The van der Waals surface area contributed by atoms with Gasteiger partial charge in [-0.15, -0.1) is 0 Å². The molecule has 0 aliphatic heterocycles. The molecule has 1 aliphatic rings. The lowest BCUT2D eigenvalue weighted by Crippen LogP contribution is -1.58. The lowest BCUT2D eigenvalue weighted by Gasteiger charge is -1.70. The molecule has 11 heavy (non-hydrogen) atoms. The van der Waals surface area contributed by atoms with Crippen molar-refractivity contribution in [2.75, 3.05) is 0 Å². The largest absolute Gasteiger partial charge is 0.265 e. The Labute approximate surface area is 67.1 Å². The van der Waals surface area contributed by atoms with Crippen LogP contribution in [0.1, 0.15) is 6.42 Å². The fourth-order valence-electron chi connectivity index (χ4n) is 0.705. The topological polar surface area (TPSA) is 12.9 Å². The summed E-state index contributed by atoms with van der Waals surface area (Å²) < 4.78 is 0. The van der Waals surface area contributed by atoms with Crippen molar-refractivity contribution in [1.82, 2.24) is 4.98 Å². The average Bonchev–Trinajstić information content (AvgIpc) is 2.64. The first-order valence-corrected chi connectivity index (χ1v) is 3.67. The van der Waals surface area contributed by atoms with Gasteiger partial charge in [0.05, 0.1) is 0 Å². The van der Waals surface area contributed by atoms with Gasteiger partial charge in [-0.1, -0.05) is 30.4 Å². The zero-order valence-corrected chi connectivity index (χ0v) is 6.35. The quantitative estimate of drug-likeness (QED) is 0.546. The van der Waals surface area contributed by atoms with Crippen LogP contribution in [0.3, 0.4) is 0 Å². The van der Waals surface area contributed by atoms with Crippen LogP contribution in [0.25, 0.3) is 0 Å². The Morgan fingerprint density at radius 3 is 1.64 bits per heavy atom. The SMILES string of the molecule is C1=CCC=C1.c1ccncc1. The molecule has 1 nitrogen and oxygen atoms in total. The zero-order valence-electron chi connectivity index (χ0n) is 6.35. The Kier molecular flexibility index (Phi) is 3.81. The summed E-state index contributed by atoms with van der Waals surface area (Å²) in [7, 11) is 0. The molecule has 0 unspecified atom stereocenters. The molecule has 0 saturated heterocycles. The van der Waals surface area contributed by atoms with Gasteiger partial charge in [0, 0.05) is 12.4 Å². The highest BCUT2D eigenvalue weighted by atomic mass is 14.6. The van der Waals surface area contributed by atoms with Gasteiger partial charge in [0.25, 0.3) is 0 Å². The van der Waals surface area contributed by atoms with Crippen LogP contribution < -0.4 is 0 Å². The Balaban J connectivity index is 0.000000112. The molecule has 1 aromatic rings. The minimum Gasteiger partial charge on any atom is -0.265 e. The highest BCUT2D eigenvalue weighted by Gasteiger charge is 1.72. The Bertz CT molecular complexity index is 187. The monoisotopic (exact) mass is 145 g/mol. The van der Waals surface area contributed by atoms with Gasteiger partial charge >= 0.3 is 0 Å². The van der Waals surface area contributed by atoms with Gasteiger partial charge in [-0.05, 0) is 18.6 Å². The fourth-order valence-corrected chi connectivity index (χ4v) is 0.705. The molecule has 1 aliphatic carbocycles. The van der Waals surface area contributed by atoms with Crippen LogP contribution in [0, 0.1) is 0 Å². The number of pyridine rings is 1. The average molecular weight is 145 g/mol. The summed E-state index contributed by atoms with van der Waals surface area (Å²) in [4.78, 5) is 3.78. The number of aromatic nitrogens is 1. The molecular formula is C10H11N. The van der Waals surface area contributed by atoms with Crippen LogP contribution >= 0.6 is 0 Å². The Morgan fingerprint density at radius 1 is 0.818 bits per heavy atom. The van der Waals surface area contributed by atoms with Gasteiger partial charge in [-0.3, -0.25) is 4.98 Å². The maximum atomic E-state index is 3.78. The maximum Gasteiger partial charge on any atom is 0.0267 e. The third kappa shape index (κ3) is 4.09. The van der Waals surface area contributed by atoms with E-state index in [0.29, 0.717) is 0 Å². The lowest BCUT2D eigenvalue weighted by molar-refractivity contribution is 1.33. The second-order valence-corrected chi connectivity index (χ2v) is 2.12. The smallest absolute Gasteiger partial charge is 0.0267 e. The van der Waals surface area contributed by atoms with Crippen molar-refractivity contribution in [2.45, 2.75) is 6.42 Å². The summed E-state index contributed by atoms with van der Waals surface area (Å²) in [5, 5.41) is 0. The first-order valence-electron chi connectivity index (χ1n) is 3.67. The second-order valence-electron chi connectivity index (χ2n) is 2.12. The van der Waals surface area contributed by atoms with Gasteiger partial charge in [0.15, 0.2) is 0 Å². The summed E-state index contributed by atoms with van der Waals surface area (Å²) in [6.45, 7) is 0. The van der Waals surface area contributed by atoms with Crippen LogP contribution in [0.2, 0.25) is 0 Å². The lowest BCUT2D eigenvalue weighted by atomic mass is 10.5. The number of rotatable bonds is 0. The van der Waals surface area contributed by atoms with Gasteiger partial charge in [0.1, 0.15) is 0 Å². The summed E-state index contributed by atoms with van der Waals surface area (Å²) in [6, 6.07) is 5.72. The molecular weight excluding hydrogens is 134 g/mol. The molecule has 0 radical (unpaired) electrons. The summed E-state index contributed by atoms with van der Waals surface area (Å²) >= 11 is 0. The summed E-state index contributed by atoms with van der Waals surface area (Å²) in [5.41, 5.74) is 0.